The van der Waals surface area contributed by atoms with Gasteiger partial charge in [0.15, 0.2) is 5.13 Å². The molecule has 0 atom stereocenters. The number of thiazole rings is 1. The van der Waals surface area contributed by atoms with E-state index in [2.05, 4.69) is 15.9 Å². The van der Waals surface area contributed by atoms with E-state index >= 15 is 0 Å². The molecule has 4 nitrogen and oxygen atoms in total. The Labute approximate surface area is 171 Å². The number of ether oxygens (including phenoxy) is 1. The molecular weight excluding hydrogens is 424 g/mol. The first kappa shape index (κ1) is 19.6. The number of para-hydroxylation sites is 1. The molecule has 0 fully saturated rings. The summed E-state index contributed by atoms with van der Waals surface area (Å²) in [6.45, 7) is 6.49. The lowest BCUT2D eigenvalue weighted by Gasteiger charge is -2.20. The fourth-order valence-corrected chi connectivity index (χ4v) is 4.18. The molecule has 27 heavy (non-hydrogen) atoms. The summed E-state index contributed by atoms with van der Waals surface area (Å²) in [7, 11) is 0. The molecule has 0 spiro atoms. The van der Waals surface area contributed by atoms with Crippen LogP contribution in [-0.4, -0.2) is 17.5 Å². The van der Waals surface area contributed by atoms with Crippen molar-refractivity contribution in [2.24, 2.45) is 0 Å². The maximum atomic E-state index is 12.7. The molecule has 0 radical (unpaired) electrons. The Morgan fingerprint density at radius 3 is 2.48 bits per heavy atom. The van der Waals surface area contributed by atoms with Crippen molar-refractivity contribution in [2.45, 2.75) is 27.2 Å². The van der Waals surface area contributed by atoms with Crippen LogP contribution >= 0.6 is 27.3 Å². The Morgan fingerprint density at radius 2 is 1.85 bits per heavy atom. The van der Waals surface area contributed by atoms with Gasteiger partial charge in [-0.25, -0.2) is 4.98 Å². The third-order valence-corrected chi connectivity index (χ3v) is 5.69. The Balaban J connectivity index is 2.02. The van der Waals surface area contributed by atoms with Gasteiger partial charge in [-0.3, -0.25) is 9.69 Å². The van der Waals surface area contributed by atoms with Gasteiger partial charge in [-0.15, -0.1) is 11.3 Å². The average molecular weight is 445 g/mol. The number of rotatable bonds is 6. The van der Waals surface area contributed by atoms with Crippen LogP contribution in [0.3, 0.4) is 0 Å². The number of hydrogen-bond donors (Lipinski definition) is 0. The van der Waals surface area contributed by atoms with Crippen molar-refractivity contribution >= 4 is 44.0 Å². The van der Waals surface area contributed by atoms with Gasteiger partial charge in [0.25, 0.3) is 0 Å². The summed E-state index contributed by atoms with van der Waals surface area (Å²) in [6.07, 6.45) is 0.401. The zero-order chi connectivity index (χ0) is 19.4. The van der Waals surface area contributed by atoms with Crippen LogP contribution in [0.25, 0.3) is 11.3 Å². The molecule has 0 aliphatic carbocycles. The number of halogens is 1. The van der Waals surface area contributed by atoms with Gasteiger partial charge in [0.1, 0.15) is 5.75 Å². The van der Waals surface area contributed by atoms with Crippen LogP contribution in [0.1, 0.15) is 25.1 Å². The molecular formula is C21H21BrN2O2S. The van der Waals surface area contributed by atoms with E-state index < -0.39 is 0 Å². The van der Waals surface area contributed by atoms with Crippen LogP contribution < -0.4 is 9.64 Å². The maximum Gasteiger partial charge on any atom is 0.233 e. The van der Waals surface area contributed by atoms with Gasteiger partial charge in [-0.1, -0.05) is 19.1 Å². The smallest absolute Gasteiger partial charge is 0.233 e. The van der Waals surface area contributed by atoms with Crippen LogP contribution in [0.4, 0.5) is 10.8 Å². The predicted molar refractivity (Wildman–Crippen MR) is 115 cm³/mol. The van der Waals surface area contributed by atoms with Crippen molar-refractivity contribution in [3.05, 3.63) is 57.9 Å². The molecule has 0 saturated heterocycles. The van der Waals surface area contributed by atoms with Crippen molar-refractivity contribution in [3.63, 3.8) is 0 Å². The lowest BCUT2D eigenvalue weighted by molar-refractivity contribution is -0.117. The number of benzene rings is 2. The summed E-state index contributed by atoms with van der Waals surface area (Å²) in [5.74, 6) is 0.847. The summed E-state index contributed by atoms with van der Waals surface area (Å²) >= 11 is 5.07. The fraction of sp³-hybridized carbons (Fsp3) is 0.238. The lowest BCUT2D eigenvalue weighted by Crippen LogP contribution is -2.25. The van der Waals surface area contributed by atoms with Gasteiger partial charge in [-0.2, -0.15) is 0 Å². The lowest BCUT2D eigenvalue weighted by atomic mass is 10.1. The van der Waals surface area contributed by atoms with Crippen molar-refractivity contribution in [3.8, 4) is 17.0 Å². The zero-order valence-corrected chi connectivity index (χ0v) is 17.9. The molecule has 3 rings (SSSR count). The number of aromatic nitrogens is 1. The highest BCUT2D eigenvalue weighted by molar-refractivity contribution is 9.10. The molecule has 1 amide bonds. The summed E-state index contributed by atoms with van der Waals surface area (Å²) < 4.78 is 6.37. The van der Waals surface area contributed by atoms with E-state index in [1.807, 2.05) is 69.3 Å². The molecule has 140 valence electrons. The first-order valence-electron chi connectivity index (χ1n) is 8.83. The van der Waals surface area contributed by atoms with Crippen LogP contribution in [0, 0.1) is 6.92 Å². The van der Waals surface area contributed by atoms with Crippen LogP contribution in [0.15, 0.2) is 53.0 Å². The second kappa shape index (κ2) is 8.67. The molecule has 0 aliphatic rings. The monoisotopic (exact) mass is 444 g/mol. The van der Waals surface area contributed by atoms with E-state index in [9.17, 15) is 4.79 Å². The van der Waals surface area contributed by atoms with E-state index in [4.69, 9.17) is 9.72 Å². The minimum Gasteiger partial charge on any atom is -0.494 e. The van der Waals surface area contributed by atoms with Crippen LogP contribution in [0.5, 0.6) is 5.75 Å². The Bertz CT molecular complexity index is 938. The van der Waals surface area contributed by atoms with Crippen LogP contribution in [0.2, 0.25) is 0 Å². The Morgan fingerprint density at radius 1 is 1.15 bits per heavy atom. The first-order valence-corrected chi connectivity index (χ1v) is 10.4. The number of carbonyl (C=O) groups is 1. The highest BCUT2D eigenvalue weighted by Crippen LogP contribution is 2.39. The minimum absolute atomic E-state index is 0.00823. The molecule has 1 aromatic heterocycles. The van der Waals surface area contributed by atoms with Crippen molar-refractivity contribution in [1.82, 2.24) is 4.98 Å². The number of amides is 1. The zero-order valence-electron chi connectivity index (χ0n) is 15.5. The number of nitrogens with zero attached hydrogens (tertiary/aromatic N) is 2. The number of hydrogen-bond acceptors (Lipinski definition) is 4. The summed E-state index contributed by atoms with van der Waals surface area (Å²) in [5, 5.41) is 0.676. The molecule has 2 aromatic carbocycles. The normalized spacial score (nSPS) is 10.7. The second-order valence-electron chi connectivity index (χ2n) is 5.89. The molecule has 3 aromatic rings. The largest absolute Gasteiger partial charge is 0.494 e. The van der Waals surface area contributed by atoms with Crippen LogP contribution in [-0.2, 0) is 4.79 Å². The van der Waals surface area contributed by atoms with Gasteiger partial charge >= 0.3 is 0 Å². The molecule has 0 unspecified atom stereocenters. The van der Waals surface area contributed by atoms with Gasteiger partial charge in [0.05, 0.1) is 18.0 Å². The molecule has 6 heteroatoms. The second-order valence-corrected chi connectivity index (χ2v) is 7.93. The highest BCUT2D eigenvalue weighted by atomic mass is 79.9. The van der Waals surface area contributed by atoms with E-state index in [0.29, 0.717) is 18.2 Å². The fourth-order valence-electron chi connectivity index (χ4n) is 2.76. The average Bonchev–Trinajstić information content (AvgIpc) is 3.05. The predicted octanol–water partition coefficient (Wildman–Crippen LogP) is 6.35. The van der Waals surface area contributed by atoms with E-state index in [1.165, 1.54) is 11.3 Å². The molecule has 0 aliphatic heterocycles. The maximum absolute atomic E-state index is 12.7. The highest BCUT2D eigenvalue weighted by Gasteiger charge is 2.23. The van der Waals surface area contributed by atoms with Crippen molar-refractivity contribution in [2.75, 3.05) is 11.5 Å². The van der Waals surface area contributed by atoms with E-state index in [0.717, 1.165) is 32.0 Å². The van der Waals surface area contributed by atoms with Gasteiger partial charge in [-0.05, 0) is 66.2 Å². The summed E-state index contributed by atoms with van der Waals surface area (Å²) in [5.41, 5.74) is 2.70. The van der Waals surface area contributed by atoms with E-state index in [1.54, 1.807) is 4.90 Å². The molecule has 0 bridgehead atoms. The van der Waals surface area contributed by atoms with Gasteiger partial charge in [0, 0.05) is 21.3 Å². The van der Waals surface area contributed by atoms with E-state index in [-0.39, 0.29) is 5.91 Å². The molecule has 1 heterocycles. The van der Waals surface area contributed by atoms with Gasteiger partial charge in [0.2, 0.25) is 5.91 Å². The Hall–Kier alpha value is -2.18. The van der Waals surface area contributed by atoms with Crippen molar-refractivity contribution < 1.29 is 9.53 Å². The SMILES string of the molecule is CCOc1ccc(-c2nc(N(C(=O)CC)c3ccccc3Br)sc2C)cc1. The molecule has 0 N–H and O–H groups in total. The quantitative estimate of drug-likeness (QED) is 0.444. The number of anilines is 2. The molecule has 0 saturated carbocycles. The summed E-state index contributed by atoms with van der Waals surface area (Å²) in [4.78, 5) is 20.3. The van der Waals surface area contributed by atoms with Crippen molar-refractivity contribution in [1.29, 1.82) is 0 Å². The topological polar surface area (TPSA) is 42.4 Å². The third-order valence-electron chi connectivity index (χ3n) is 4.06. The van der Waals surface area contributed by atoms with Gasteiger partial charge < -0.3 is 4.74 Å². The Kier molecular flexibility index (Phi) is 6.29. The third kappa shape index (κ3) is 4.22. The number of carbonyl (C=O) groups excluding carboxylic acids is 1. The standard InChI is InChI=1S/C21H21BrN2O2S/c1-4-19(25)24(18-9-7-6-8-17(18)22)21-23-20(14(3)27-21)15-10-12-16(13-11-15)26-5-2/h6-13H,4-5H2,1-3H3. The summed E-state index contributed by atoms with van der Waals surface area (Å²) in [6, 6.07) is 15.6. The number of aryl methyl sites for hydroxylation is 1. The minimum atomic E-state index is 0.00823. The first-order chi connectivity index (χ1) is 13.0.